The predicted octanol–water partition coefficient (Wildman–Crippen LogP) is 2.73. The second kappa shape index (κ2) is 2.83. The Hall–Kier alpha value is -0.380. The second-order valence-electron chi connectivity index (χ2n) is 3.14. The smallest absolute Gasteiger partial charge is 0.164 e. The van der Waals surface area contributed by atoms with Crippen molar-refractivity contribution in [3.05, 3.63) is 32.4 Å². The molecule has 0 bridgehead atoms. The molecule has 0 saturated heterocycles. The molecule has 1 aromatic rings. The van der Waals surface area contributed by atoms with E-state index < -0.39 is 0 Å². The Morgan fingerprint density at radius 1 is 1.33 bits per heavy atom. The van der Waals surface area contributed by atoms with Crippen LogP contribution in [0.4, 0.5) is 0 Å². The fourth-order valence-corrected chi connectivity index (χ4v) is 2.52. The fourth-order valence-electron chi connectivity index (χ4n) is 1.71. The van der Waals surface area contributed by atoms with Crippen molar-refractivity contribution >= 4 is 28.4 Å². The van der Waals surface area contributed by atoms with Crippen LogP contribution in [0.3, 0.4) is 0 Å². The number of benzene rings is 1. The molecule has 0 unspecified atom stereocenters. The van der Waals surface area contributed by atoms with Crippen molar-refractivity contribution in [3.8, 4) is 0 Å². The molecule has 1 aromatic carbocycles. The van der Waals surface area contributed by atoms with Crippen molar-refractivity contribution in [2.75, 3.05) is 0 Å². The summed E-state index contributed by atoms with van der Waals surface area (Å²) in [5.41, 5.74) is 3.51. The van der Waals surface area contributed by atoms with Crippen molar-refractivity contribution in [1.29, 1.82) is 0 Å². The molecule has 2 heteroatoms. The van der Waals surface area contributed by atoms with Gasteiger partial charge in [0.15, 0.2) is 5.78 Å². The number of carbonyl (C=O) groups is 1. The summed E-state index contributed by atoms with van der Waals surface area (Å²) in [7, 11) is 0. The van der Waals surface area contributed by atoms with E-state index in [1.165, 1.54) is 11.1 Å². The van der Waals surface area contributed by atoms with Gasteiger partial charge in [0.1, 0.15) is 0 Å². The lowest BCUT2D eigenvalue weighted by molar-refractivity contribution is 0.0994. The molecule has 0 N–H and O–H groups in total. The minimum atomic E-state index is 0.318. The van der Waals surface area contributed by atoms with Crippen molar-refractivity contribution in [1.82, 2.24) is 0 Å². The number of halogens is 1. The van der Waals surface area contributed by atoms with E-state index in [1.54, 1.807) is 0 Å². The van der Waals surface area contributed by atoms with Gasteiger partial charge in [0, 0.05) is 15.6 Å². The molecule has 12 heavy (non-hydrogen) atoms. The third-order valence-electron chi connectivity index (χ3n) is 2.38. The average molecular weight is 272 g/mol. The van der Waals surface area contributed by atoms with Gasteiger partial charge in [-0.1, -0.05) is 6.07 Å². The molecule has 0 aliphatic heterocycles. The molecule has 0 spiro atoms. The van der Waals surface area contributed by atoms with E-state index >= 15 is 0 Å². The summed E-state index contributed by atoms with van der Waals surface area (Å²) in [6.07, 6.45) is 1.65. The van der Waals surface area contributed by atoms with Gasteiger partial charge in [0.25, 0.3) is 0 Å². The highest BCUT2D eigenvalue weighted by Crippen LogP contribution is 2.28. The average Bonchev–Trinajstić information content (AvgIpc) is 2.42. The van der Waals surface area contributed by atoms with Gasteiger partial charge in [-0.05, 0) is 53.1 Å². The Morgan fingerprint density at radius 3 is 2.75 bits per heavy atom. The van der Waals surface area contributed by atoms with Gasteiger partial charge in [-0.2, -0.15) is 0 Å². The summed E-state index contributed by atoms with van der Waals surface area (Å²) < 4.78 is 1.11. The molecule has 0 aromatic heterocycles. The van der Waals surface area contributed by atoms with Gasteiger partial charge in [0.2, 0.25) is 0 Å². The van der Waals surface area contributed by atoms with Gasteiger partial charge in [-0.25, -0.2) is 0 Å². The number of Topliss-reactive ketones (excluding diaryl/α,β-unsaturated/α-hetero) is 1. The summed E-state index contributed by atoms with van der Waals surface area (Å²) in [5.74, 6) is 0.318. The molecule has 0 radical (unpaired) electrons. The van der Waals surface area contributed by atoms with Crippen molar-refractivity contribution in [3.63, 3.8) is 0 Å². The minimum Gasteiger partial charge on any atom is -0.294 e. The SMILES string of the molecule is Cc1ccc(I)c2c1CCC2=O. The quantitative estimate of drug-likeness (QED) is 0.664. The second-order valence-corrected chi connectivity index (χ2v) is 4.30. The summed E-state index contributed by atoms with van der Waals surface area (Å²) in [6, 6.07) is 4.12. The Bertz CT molecular complexity index is 355. The zero-order valence-corrected chi connectivity index (χ0v) is 9.01. The van der Waals surface area contributed by atoms with Crippen molar-refractivity contribution < 1.29 is 4.79 Å². The molecule has 1 nitrogen and oxygen atoms in total. The zero-order valence-electron chi connectivity index (χ0n) is 6.86. The summed E-state index contributed by atoms with van der Waals surface area (Å²) in [6.45, 7) is 2.08. The lowest BCUT2D eigenvalue weighted by Gasteiger charge is -2.03. The number of carbonyl (C=O) groups excluding carboxylic acids is 1. The lowest BCUT2D eigenvalue weighted by atomic mass is 10.1. The number of rotatable bonds is 0. The number of fused-ring (bicyclic) bond motifs is 1. The topological polar surface area (TPSA) is 17.1 Å². The molecule has 2 rings (SSSR count). The largest absolute Gasteiger partial charge is 0.294 e. The highest BCUT2D eigenvalue weighted by Gasteiger charge is 2.22. The number of ketones is 1. The third kappa shape index (κ3) is 1.09. The van der Waals surface area contributed by atoms with Crippen LogP contribution >= 0.6 is 22.6 Å². The van der Waals surface area contributed by atoms with Gasteiger partial charge in [-0.3, -0.25) is 4.79 Å². The van der Waals surface area contributed by atoms with Gasteiger partial charge in [-0.15, -0.1) is 0 Å². The maximum atomic E-state index is 11.4. The van der Waals surface area contributed by atoms with Gasteiger partial charge in [0.05, 0.1) is 0 Å². The molecule has 0 amide bonds. The van der Waals surface area contributed by atoms with E-state index in [0.29, 0.717) is 12.2 Å². The molecule has 0 atom stereocenters. The molecular weight excluding hydrogens is 263 g/mol. The Morgan fingerprint density at radius 2 is 2.08 bits per heavy atom. The summed E-state index contributed by atoms with van der Waals surface area (Å²) in [4.78, 5) is 11.4. The zero-order chi connectivity index (χ0) is 8.72. The van der Waals surface area contributed by atoms with E-state index in [9.17, 15) is 4.79 Å². The maximum Gasteiger partial charge on any atom is 0.164 e. The van der Waals surface area contributed by atoms with Crippen LogP contribution in [0.1, 0.15) is 27.9 Å². The number of hydrogen-bond acceptors (Lipinski definition) is 1. The first-order valence-corrected chi connectivity index (χ1v) is 5.09. The van der Waals surface area contributed by atoms with Crippen LogP contribution < -0.4 is 0 Å². The van der Waals surface area contributed by atoms with Crippen LogP contribution in [-0.2, 0) is 6.42 Å². The molecule has 1 aliphatic rings. The Kier molecular flexibility index (Phi) is 1.94. The molecule has 62 valence electrons. The first-order valence-electron chi connectivity index (χ1n) is 4.01. The van der Waals surface area contributed by atoms with E-state index in [2.05, 4.69) is 35.6 Å². The molecule has 0 fully saturated rings. The van der Waals surface area contributed by atoms with E-state index in [-0.39, 0.29) is 0 Å². The molecular formula is C10H9IO. The Balaban J connectivity index is 2.72. The first-order chi connectivity index (χ1) is 5.70. The highest BCUT2D eigenvalue weighted by atomic mass is 127. The van der Waals surface area contributed by atoms with Crippen LogP contribution in [0, 0.1) is 10.5 Å². The van der Waals surface area contributed by atoms with E-state index in [0.717, 1.165) is 15.6 Å². The highest BCUT2D eigenvalue weighted by molar-refractivity contribution is 14.1. The standard InChI is InChI=1S/C10H9IO/c1-6-2-4-8(11)10-7(6)3-5-9(10)12/h2,4H,3,5H2,1H3. The fraction of sp³-hybridized carbons (Fsp3) is 0.300. The van der Waals surface area contributed by atoms with E-state index in [4.69, 9.17) is 0 Å². The van der Waals surface area contributed by atoms with Crippen LogP contribution in [0.25, 0.3) is 0 Å². The first kappa shape index (κ1) is 8.23. The number of hydrogen-bond donors (Lipinski definition) is 0. The normalized spacial score (nSPS) is 15.0. The molecule has 1 aliphatic carbocycles. The monoisotopic (exact) mass is 272 g/mol. The Labute approximate surface area is 85.3 Å². The molecule has 0 heterocycles. The van der Waals surface area contributed by atoms with Crippen LogP contribution in [-0.4, -0.2) is 5.78 Å². The van der Waals surface area contributed by atoms with Crippen molar-refractivity contribution in [2.45, 2.75) is 19.8 Å². The minimum absolute atomic E-state index is 0.318. The van der Waals surface area contributed by atoms with Gasteiger partial charge < -0.3 is 0 Å². The lowest BCUT2D eigenvalue weighted by Crippen LogP contribution is -1.96. The van der Waals surface area contributed by atoms with E-state index in [1.807, 2.05) is 6.07 Å². The summed E-state index contributed by atoms with van der Waals surface area (Å²) >= 11 is 2.24. The molecule has 0 saturated carbocycles. The van der Waals surface area contributed by atoms with Gasteiger partial charge >= 0.3 is 0 Å². The summed E-state index contributed by atoms with van der Waals surface area (Å²) in [5, 5.41) is 0. The van der Waals surface area contributed by atoms with Crippen molar-refractivity contribution in [2.24, 2.45) is 0 Å². The third-order valence-corrected chi connectivity index (χ3v) is 3.28. The maximum absolute atomic E-state index is 11.4. The number of aryl methyl sites for hydroxylation is 1. The van der Waals surface area contributed by atoms with Crippen LogP contribution in [0.5, 0.6) is 0 Å². The van der Waals surface area contributed by atoms with Crippen LogP contribution in [0.15, 0.2) is 12.1 Å². The van der Waals surface area contributed by atoms with Crippen LogP contribution in [0.2, 0.25) is 0 Å². The predicted molar refractivity (Wildman–Crippen MR) is 56.5 cm³/mol.